The van der Waals surface area contributed by atoms with Gasteiger partial charge in [-0.2, -0.15) is 0 Å². The highest BCUT2D eigenvalue weighted by molar-refractivity contribution is 6.46. The number of ketones is 1. The van der Waals surface area contributed by atoms with Crippen LogP contribution in [0.4, 0.5) is 0 Å². The average Bonchev–Trinajstić information content (AvgIpc) is 3.04. The Morgan fingerprint density at radius 3 is 2.50 bits per heavy atom. The van der Waals surface area contributed by atoms with E-state index < -0.39 is 17.7 Å². The normalized spacial score (nSPS) is 17.9. The van der Waals surface area contributed by atoms with Crippen LogP contribution in [0.3, 0.4) is 0 Å². The summed E-state index contributed by atoms with van der Waals surface area (Å²) in [7, 11) is 1.48. The highest BCUT2D eigenvalue weighted by Crippen LogP contribution is 2.40. The minimum Gasteiger partial charge on any atom is -0.507 e. The Kier molecular flexibility index (Phi) is 7.59. The molecule has 0 aliphatic carbocycles. The number of hydrogen-bond donors (Lipinski definition) is 1. The van der Waals surface area contributed by atoms with E-state index in [9.17, 15) is 14.7 Å². The van der Waals surface area contributed by atoms with Gasteiger partial charge < -0.3 is 19.6 Å². The molecule has 32 heavy (non-hydrogen) atoms. The molecule has 1 saturated heterocycles. The largest absolute Gasteiger partial charge is 0.507 e. The van der Waals surface area contributed by atoms with Crippen LogP contribution in [0.25, 0.3) is 5.76 Å². The van der Waals surface area contributed by atoms with Crippen LogP contribution in [-0.2, 0) is 9.59 Å². The number of likely N-dealkylation sites (tertiary alicyclic amines) is 1. The third-order valence-electron chi connectivity index (χ3n) is 5.87. The molecule has 170 valence electrons. The minimum absolute atomic E-state index is 0.0736. The molecule has 1 aliphatic rings. The predicted octanol–water partition coefficient (Wildman–Crippen LogP) is 4.42. The molecule has 0 aromatic heterocycles. The number of nitrogens with zero attached hydrogens (tertiary/aromatic N) is 2. The van der Waals surface area contributed by atoms with Crippen molar-refractivity contribution in [1.29, 1.82) is 0 Å². The topological polar surface area (TPSA) is 70.1 Å². The van der Waals surface area contributed by atoms with E-state index in [0.717, 1.165) is 24.2 Å². The average molecular weight is 457 g/mol. The van der Waals surface area contributed by atoms with Crippen LogP contribution >= 0.6 is 11.6 Å². The molecule has 1 N–H and O–H groups in total. The van der Waals surface area contributed by atoms with E-state index >= 15 is 0 Å². The van der Waals surface area contributed by atoms with E-state index in [2.05, 4.69) is 18.7 Å². The Balaban J connectivity index is 2.13. The number of halogens is 1. The van der Waals surface area contributed by atoms with Gasteiger partial charge in [0.1, 0.15) is 11.5 Å². The van der Waals surface area contributed by atoms with Crippen LogP contribution in [0.5, 0.6) is 5.75 Å². The number of carbonyl (C=O) groups excluding carboxylic acids is 2. The van der Waals surface area contributed by atoms with Gasteiger partial charge in [0.2, 0.25) is 0 Å². The lowest BCUT2D eigenvalue weighted by molar-refractivity contribution is -0.140. The van der Waals surface area contributed by atoms with Crippen molar-refractivity contribution in [2.75, 3.05) is 33.3 Å². The molecular formula is C25H29ClN2O4. The number of likely N-dealkylation sites (N-methyl/N-ethyl adjacent to an activating group) is 1. The zero-order valence-corrected chi connectivity index (χ0v) is 19.6. The fraction of sp³-hybridized carbons (Fsp3) is 0.360. The summed E-state index contributed by atoms with van der Waals surface area (Å²) in [4.78, 5) is 29.9. The number of amides is 1. The number of Topliss-reactive ketones (excluding diaryl/α,β-unsaturated/α-hetero) is 1. The SMILES string of the molecule is CCN(CC)CCN1C(=O)C(=O)/C(=C(\O)c2ccc(Cl)c(OC)c2)C1c1cccc(C)c1. The van der Waals surface area contributed by atoms with Crippen LogP contribution in [-0.4, -0.2) is 59.9 Å². The molecule has 0 radical (unpaired) electrons. The van der Waals surface area contributed by atoms with Gasteiger partial charge in [-0.25, -0.2) is 0 Å². The second-order valence-electron chi connectivity index (χ2n) is 7.78. The van der Waals surface area contributed by atoms with E-state index in [4.69, 9.17) is 16.3 Å². The van der Waals surface area contributed by atoms with Gasteiger partial charge in [0.25, 0.3) is 11.7 Å². The number of hydrogen-bond acceptors (Lipinski definition) is 5. The Morgan fingerprint density at radius 2 is 1.88 bits per heavy atom. The summed E-state index contributed by atoms with van der Waals surface area (Å²) in [5, 5.41) is 11.6. The maximum absolute atomic E-state index is 13.1. The third kappa shape index (κ3) is 4.66. The number of aryl methyl sites for hydroxylation is 1. The number of aliphatic hydroxyl groups is 1. The summed E-state index contributed by atoms with van der Waals surface area (Å²) < 4.78 is 5.25. The van der Waals surface area contributed by atoms with E-state index in [1.807, 2.05) is 31.2 Å². The first-order valence-electron chi connectivity index (χ1n) is 10.7. The molecule has 1 aliphatic heterocycles. The molecule has 1 amide bonds. The van der Waals surface area contributed by atoms with Crippen molar-refractivity contribution >= 4 is 29.1 Å². The van der Waals surface area contributed by atoms with E-state index in [-0.39, 0.29) is 11.3 Å². The van der Waals surface area contributed by atoms with Crippen molar-refractivity contribution in [2.45, 2.75) is 26.8 Å². The summed E-state index contributed by atoms with van der Waals surface area (Å²) >= 11 is 6.12. The van der Waals surface area contributed by atoms with Gasteiger partial charge in [0, 0.05) is 18.7 Å². The zero-order valence-electron chi connectivity index (χ0n) is 18.9. The highest BCUT2D eigenvalue weighted by Gasteiger charge is 2.46. The highest BCUT2D eigenvalue weighted by atomic mass is 35.5. The van der Waals surface area contributed by atoms with Gasteiger partial charge in [-0.15, -0.1) is 0 Å². The number of carbonyl (C=O) groups is 2. The number of aliphatic hydroxyl groups excluding tert-OH is 1. The quantitative estimate of drug-likeness (QED) is 0.361. The van der Waals surface area contributed by atoms with Crippen molar-refractivity contribution < 1.29 is 19.4 Å². The molecule has 2 aromatic carbocycles. The lowest BCUT2D eigenvalue weighted by Crippen LogP contribution is -2.38. The summed E-state index contributed by atoms with van der Waals surface area (Å²) in [6.07, 6.45) is 0. The Morgan fingerprint density at radius 1 is 1.16 bits per heavy atom. The maximum Gasteiger partial charge on any atom is 0.295 e. The van der Waals surface area contributed by atoms with E-state index in [1.165, 1.54) is 7.11 Å². The van der Waals surface area contributed by atoms with Crippen LogP contribution in [0.1, 0.15) is 36.6 Å². The molecule has 1 fully saturated rings. The molecule has 1 unspecified atom stereocenters. The van der Waals surface area contributed by atoms with E-state index in [0.29, 0.717) is 29.4 Å². The van der Waals surface area contributed by atoms with Crippen molar-refractivity contribution in [3.8, 4) is 5.75 Å². The number of methoxy groups -OCH3 is 1. The van der Waals surface area contributed by atoms with Gasteiger partial charge in [0.15, 0.2) is 0 Å². The third-order valence-corrected chi connectivity index (χ3v) is 6.19. The van der Waals surface area contributed by atoms with Gasteiger partial charge in [-0.3, -0.25) is 9.59 Å². The molecule has 7 heteroatoms. The molecule has 6 nitrogen and oxygen atoms in total. The predicted molar refractivity (Wildman–Crippen MR) is 126 cm³/mol. The van der Waals surface area contributed by atoms with Gasteiger partial charge in [0.05, 0.1) is 23.7 Å². The summed E-state index contributed by atoms with van der Waals surface area (Å²) in [5.74, 6) is -1.16. The fourth-order valence-corrected chi connectivity index (χ4v) is 4.24. The second kappa shape index (κ2) is 10.2. The maximum atomic E-state index is 13.1. The second-order valence-corrected chi connectivity index (χ2v) is 8.19. The molecule has 3 rings (SSSR count). The first-order valence-corrected chi connectivity index (χ1v) is 11.1. The number of benzene rings is 2. The van der Waals surface area contributed by atoms with Crippen molar-refractivity contribution in [1.82, 2.24) is 9.80 Å². The van der Waals surface area contributed by atoms with Gasteiger partial charge in [-0.1, -0.05) is 55.3 Å². The zero-order chi connectivity index (χ0) is 23.4. The number of ether oxygens (including phenoxy) is 1. The van der Waals surface area contributed by atoms with Crippen LogP contribution in [0.2, 0.25) is 5.02 Å². The number of rotatable bonds is 8. The summed E-state index contributed by atoms with van der Waals surface area (Å²) in [5.41, 5.74) is 2.23. The molecular weight excluding hydrogens is 428 g/mol. The lowest BCUT2D eigenvalue weighted by atomic mass is 9.94. The van der Waals surface area contributed by atoms with Crippen molar-refractivity contribution in [2.24, 2.45) is 0 Å². The van der Waals surface area contributed by atoms with Crippen LogP contribution in [0, 0.1) is 6.92 Å². The summed E-state index contributed by atoms with van der Waals surface area (Å²) in [6, 6.07) is 11.8. The standard InChI is InChI=1S/C25H29ClN2O4/c1-5-27(6-2)12-13-28-22(17-9-7-8-16(3)14-17)21(24(30)25(28)31)23(29)18-10-11-19(26)20(15-18)32-4/h7-11,14-15,22,29H,5-6,12-13H2,1-4H3/b23-21-. The monoisotopic (exact) mass is 456 g/mol. The Hall–Kier alpha value is -2.83. The smallest absolute Gasteiger partial charge is 0.295 e. The lowest BCUT2D eigenvalue weighted by Gasteiger charge is -2.28. The van der Waals surface area contributed by atoms with Gasteiger partial charge >= 0.3 is 0 Å². The first kappa shape index (κ1) is 23.8. The molecule has 1 heterocycles. The molecule has 1 atom stereocenters. The van der Waals surface area contributed by atoms with Crippen LogP contribution in [0.15, 0.2) is 48.0 Å². The van der Waals surface area contributed by atoms with E-state index in [1.54, 1.807) is 23.1 Å². The van der Waals surface area contributed by atoms with Crippen molar-refractivity contribution in [3.05, 3.63) is 69.8 Å². The fourth-order valence-electron chi connectivity index (χ4n) is 4.05. The molecule has 0 saturated carbocycles. The first-order chi connectivity index (χ1) is 15.3. The Labute approximate surface area is 194 Å². The van der Waals surface area contributed by atoms with Crippen LogP contribution < -0.4 is 4.74 Å². The Bertz CT molecular complexity index is 1050. The molecule has 0 bridgehead atoms. The molecule has 0 spiro atoms. The summed E-state index contributed by atoms with van der Waals surface area (Å²) in [6.45, 7) is 8.78. The van der Waals surface area contributed by atoms with Gasteiger partial charge in [-0.05, 0) is 43.8 Å². The van der Waals surface area contributed by atoms with Crippen molar-refractivity contribution in [3.63, 3.8) is 0 Å². The minimum atomic E-state index is -0.692. The molecule has 2 aromatic rings.